The summed E-state index contributed by atoms with van der Waals surface area (Å²) in [5, 5.41) is 10.4. The molecule has 0 aromatic carbocycles. The second-order valence-corrected chi connectivity index (χ2v) is 11.8. The summed E-state index contributed by atoms with van der Waals surface area (Å²) >= 11 is 0. The third-order valence-corrected chi connectivity index (χ3v) is 9.93. The Morgan fingerprint density at radius 1 is 1.26 bits per heavy atom. The second-order valence-electron chi connectivity index (χ2n) is 11.2. The maximum Gasteiger partial charge on any atom is 0.117 e. The third kappa shape index (κ3) is 4.90. The maximum absolute atomic E-state index is 13.6. The van der Waals surface area contributed by atoms with Gasteiger partial charge in [-0.1, -0.05) is 38.2 Å². The summed E-state index contributed by atoms with van der Waals surface area (Å²) in [7, 11) is 2.35. The lowest BCUT2D eigenvalue weighted by Crippen LogP contribution is -2.35. The number of alkyl halides is 1. The molecule has 8 atom stereocenters. The van der Waals surface area contributed by atoms with E-state index >= 15 is 0 Å². The van der Waals surface area contributed by atoms with Crippen molar-refractivity contribution in [3.63, 3.8) is 0 Å². The average Bonchev–Trinajstić information content (AvgIpc) is 3.34. The van der Waals surface area contributed by atoms with E-state index in [0.29, 0.717) is 17.3 Å². The smallest absolute Gasteiger partial charge is 0.117 e. The zero-order valence-electron chi connectivity index (χ0n) is 19.7. The van der Waals surface area contributed by atoms with Gasteiger partial charge in [0.05, 0.1) is 6.10 Å². The molecular weight excluding hydrogens is 404 g/mol. The molecular formula is C27H43FNOP. The van der Waals surface area contributed by atoms with Crippen molar-refractivity contribution >= 4 is 9.24 Å². The first kappa shape index (κ1) is 23.7. The molecule has 3 saturated carbocycles. The van der Waals surface area contributed by atoms with Crippen molar-refractivity contribution in [1.82, 2.24) is 4.90 Å². The van der Waals surface area contributed by atoms with Crippen LogP contribution < -0.4 is 0 Å². The minimum Gasteiger partial charge on any atom is -0.388 e. The largest absolute Gasteiger partial charge is 0.388 e. The molecule has 4 heteroatoms. The lowest BCUT2D eigenvalue weighted by Gasteiger charge is -2.43. The van der Waals surface area contributed by atoms with Gasteiger partial charge in [0, 0.05) is 12.5 Å². The Bertz CT molecular complexity index is 731. The topological polar surface area (TPSA) is 23.5 Å². The van der Waals surface area contributed by atoms with Gasteiger partial charge in [0.25, 0.3) is 0 Å². The van der Waals surface area contributed by atoms with Crippen molar-refractivity contribution in [3.05, 3.63) is 35.5 Å². The molecule has 1 heterocycles. The van der Waals surface area contributed by atoms with Crippen LogP contribution in [-0.4, -0.2) is 41.7 Å². The highest BCUT2D eigenvalue weighted by molar-refractivity contribution is 7.17. The van der Waals surface area contributed by atoms with Crippen LogP contribution in [0.2, 0.25) is 0 Å². The predicted molar refractivity (Wildman–Crippen MR) is 132 cm³/mol. The molecule has 0 radical (unpaired) electrons. The number of rotatable bonds is 5. The van der Waals surface area contributed by atoms with Gasteiger partial charge >= 0.3 is 0 Å². The molecule has 0 spiro atoms. The van der Waals surface area contributed by atoms with Crippen LogP contribution in [0.15, 0.2) is 35.5 Å². The number of nitrogens with zero attached hydrogens (tertiary/aromatic N) is 1. The van der Waals surface area contributed by atoms with Crippen molar-refractivity contribution in [3.8, 4) is 0 Å². The third-order valence-electron chi connectivity index (χ3n) is 9.39. The molecule has 1 N–H and O–H groups in total. The van der Waals surface area contributed by atoms with Crippen molar-refractivity contribution in [2.24, 2.45) is 29.1 Å². The van der Waals surface area contributed by atoms with E-state index in [9.17, 15) is 9.50 Å². The van der Waals surface area contributed by atoms with E-state index in [1.54, 1.807) is 5.57 Å². The fourth-order valence-electron chi connectivity index (χ4n) is 7.12. The minimum absolute atomic E-state index is 0.213. The summed E-state index contributed by atoms with van der Waals surface area (Å²) < 4.78 is 13.6. The number of hydrogen-bond acceptors (Lipinski definition) is 2. The Kier molecular flexibility index (Phi) is 7.46. The van der Waals surface area contributed by atoms with Gasteiger partial charge in [-0.3, -0.25) is 0 Å². The van der Waals surface area contributed by atoms with Crippen LogP contribution in [0.25, 0.3) is 0 Å². The van der Waals surface area contributed by atoms with Gasteiger partial charge in [0.1, 0.15) is 5.91 Å². The summed E-state index contributed by atoms with van der Waals surface area (Å²) in [5.74, 6) is 1.28. The lowest BCUT2D eigenvalue weighted by molar-refractivity contribution is 0.119. The van der Waals surface area contributed by atoms with E-state index in [4.69, 9.17) is 0 Å². The number of aliphatic hydroxyl groups is 1. The highest BCUT2D eigenvalue weighted by atomic mass is 31.0. The zero-order valence-corrected chi connectivity index (χ0v) is 20.8. The SMILES string of the molecule is C=C1/C(=C\C=C2/CCCC3(C)C2CC[C@@H]3CCN2CCC(C(F)P)C2)CC[C@H](C)C1O. The summed E-state index contributed by atoms with van der Waals surface area (Å²) in [5.41, 5.74) is 4.24. The first-order valence-electron chi connectivity index (χ1n) is 12.7. The van der Waals surface area contributed by atoms with E-state index in [-0.39, 0.29) is 12.0 Å². The van der Waals surface area contributed by atoms with E-state index in [1.807, 2.05) is 0 Å². The molecule has 0 bridgehead atoms. The molecule has 0 aromatic heterocycles. The van der Waals surface area contributed by atoms with Crippen LogP contribution in [0, 0.1) is 29.1 Å². The van der Waals surface area contributed by atoms with E-state index in [0.717, 1.165) is 50.4 Å². The van der Waals surface area contributed by atoms with Gasteiger partial charge in [0.15, 0.2) is 0 Å². The molecule has 6 unspecified atom stereocenters. The summed E-state index contributed by atoms with van der Waals surface area (Å²) in [4.78, 5) is 2.50. The van der Waals surface area contributed by atoms with Crippen LogP contribution >= 0.6 is 9.24 Å². The summed E-state index contributed by atoms with van der Waals surface area (Å²) in [6, 6.07) is 0. The molecule has 1 aliphatic heterocycles. The fraction of sp³-hybridized carbons (Fsp3) is 0.778. The minimum atomic E-state index is -0.747. The predicted octanol–water partition coefficient (Wildman–Crippen LogP) is 6.29. The lowest BCUT2D eigenvalue weighted by atomic mass is 9.63. The molecule has 174 valence electrons. The average molecular weight is 448 g/mol. The van der Waals surface area contributed by atoms with Crippen LogP contribution in [0.4, 0.5) is 4.39 Å². The van der Waals surface area contributed by atoms with Crippen molar-refractivity contribution < 1.29 is 9.50 Å². The van der Waals surface area contributed by atoms with Gasteiger partial charge in [0.2, 0.25) is 0 Å². The van der Waals surface area contributed by atoms with Crippen LogP contribution in [-0.2, 0) is 0 Å². The Balaban J connectivity index is 1.39. The van der Waals surface area contributed by atoms with Crippen LogP contribution in [0.5, 0.6) is 0 Å². The van der Waals surface area contributed by atoms with E-state index < -0.39 is 5.91 Å². The Morgan fingerprint density at radius 2 is 2.06 bits per heavy atom. The molecule has 4 fully saturated rings. The van der Waals surface area contributed by atoms with Crippen LogP contribution in [0.1, 0.15) is 71.6 Å². The molecule has 0 amide bonds. The van der Waals surface area contributed by atoms with E-state index in [2.05, 4.69) is 46.7 Å². The summed E-state index contributed by atoms with van der Waals surface area (Å²) in [6.45, 7) is 12.0. The Hall–Kier alpha value is -0.500. The molecule has 4 rings (SSSR count). The Morgan fingerprint density at radius 3 is 2.81 bits per heavy atom. The monoisotopic (exact) mass is 447 g/mol. The molecule has 2 nitrogen and oxygen atoms in total. The first-order valence-corrected chi connectivity index (χ1v) is 13.3. The fourth-order valence-corrected chi connectivity index (χ4v) is 7.43. The number of fused-ring (bicyclic) bond motifs is 1. The number of allylic oxidation sites excluding steroid dienone is 3. The standard InChI is InChI=1S/C27H43FNOP/c1-18-6-7-20(19(2)25(18)30)8-9-21-5-4-14-27(3)23(10-11-24(21)27)13-16-29-15-12-22(17-29)26(28)31/h8-9,18,22-26,30H,2,4-7,10-17,31H2,1,3H3/b20-8-,21-9+/t18-,22?,23+,24?,25?,26?,27?/m0/s1. The number of hydrogen-bond donors (Lipinski definition) is 1. The number of halogens is 1. The highest BCUT2D eigenvalue weighted by Gasteiger charge is 2.48. The molecule has 0 aromatic rings. The first-order chi connectivity index (χ1) is 14.8. The van der Waals surface area contributed by atoms with E-state index in [1.165, 1.54) is 44.1 Å². The molecule has 4 aliphatic rings. The van der Waals surface area contributed by atoms with Crippen molar-refractivity contribution in [2.45, 2.75) is 83.7 Å². The second kappa shape index (κ2) is 9.78. The highest BCUT2D eigenvalue weighted by Crippen LogP contribution is 2.58. The van der Waals surface area contributed by atoms with Gasteiger partial charge in [-0.2, -0.15) is 0 Å². The van der Waals surface area contributed by atoms with Gasteiger partial charge in [-0.15, -0.1) is 9.24 Å². The normalized spacial score (nSPS) is 43.0. The van der Waals surface area contributed by atoms with Crippen molar-refractivity contribution in [2.75, 3.05) is 19.6 Å². The Labute approximate surface area is 191 Å². The zero-order chi connectivity index (χ0) is 22.2. The van der Waals surface area contributed by atoms with Gasteiger partial charge < -0.3 is 10.0 Å². The molecule has 1 saturated heterocycles. The van der Waals surface area contributed by atoms with Gasteiger partial charge in [-0.25, -0.2) is 4.39 Å². The van der Waals surface area contributed by atoms with Crippen molar-refractivity contribution in [1.29, 1.82) is 0 Å². The van der Waals surface area contributed by atoms with Gasteiger partial charge in [-0.05, 0) is 105 Å². The quantitative estimate of drug-likeness (QED) is 0.501. The molecule has 31 heavy (non-hydrogen) atoms. The number of aliphatic hydroxyl groups excluding tert-OH is 1. The number of likely N-dealkylation sites (tertiary alicyclic amines) is 1. The molecule has 3 aliphatic carbocycles. The van der Waals surface area contributed by atoms with Crippen LogP contribution in [0.3, 0.4) is 0 Å². The summed E-state index contributed by atoms with van der Waals surface area (Å²) in [6.07, 6.45) is 15.2. The maximum atomic E-state index is 13.6.